The van der Waals surface area contributed by atoms with Crippen molar-refractivity contribution in [3.8, 4) is 17.2 Å². The SMILES string of the molecule is COc1cc(/C=C/C(=O)Oc2cccc(C)c2)ccc1OCc1ccccc1C. The number of ether oxygens (including phenoxy) is 3. The molecule has 0 unspecified atom stereocenters. The topological polar surface area (TPSA) is 44.8 Å². The third-order valence-corrected chi connectivity index (χ3v) is 4.45. The summed E-state index contributed by atoms with van der Waals surface area (Å²) in [5.74, 6) is 1.34. The van der Waals surface area contributed by atoms with Crippen molar-refractivity contribution in [1.29, 1.82) is 0 Å². The molecule has 0 bridgehead atoms. The van der Waals surface area contributed by atoms with Gasteiger partial charge in [0.15, 0.2) is 11.5 Å². The van der Waals surface area contributed by atoms with Crippen LogP contribution in [-0.2, 0) is 11.4 Å². The van der Waals surface area contributed by atoms with Gasteiger partial charge < -0.3 is 14.2 Å². The van der Waals surface area contributed by atoms with Gasteiger partial charge in [0.2, 0.25) is 0 Å². The first-order valence-electron chi connectivity index (χ1n) is 9.37. The van der Waals surface area contributed by atoms with Crippen LogP contribution in [0.15, 0.2) is 72.8 Å². The van der Waals surface area contributed by atoms with E-state index in [0.717, 1.165) is 16.7 Å². The molecule has 0 amide bonds. The molecule has 0 aliphatic carbocycles. The smallest absolute Gasteiger partial charge is 0.336 e. The lowest BCUT2D eigenvalue weighted by molar-refractivity contribution is -0.128. The molecule has 0 aromatic heterocycles. The van der Waals surface area contributed by atoms with Crippen LogP contribution in [0.2, 0.25) is 0 Å². The van der Waals surface area contributed by atoms with Crippen molar-refractivity contribution in [3.05, 3.63) is 95.1 Å². The van der Waals surface area contributed by atoms with Gasteiger partial charge in [0.1, 0.15) is 12.4 Å². The van der Waals surface area contributed by atoms with Crippen LogP contribution >= 0.6 is 0 Å². The van der Waals surface area contributed by atoms with Gasteiger partial charge in [-0.05, 0) is 66.4 Å². The van der Waals surface area contributed by atoms with Crippen molar-refractivity contribution >= 4 is 12.0 Å². The molecular weight excluding hydrogens is 364 g/mol. The fourth-order valence-corrected chi connectivity index (χ4v) is 2.83. The number of esters is 1. The van der Waals surface area contributed by atoms with Crippen molar-refractivity contribution in [1.82, 2.24) is 0 Å². The van der Waals surface area contributed by atoms with Crippen LogP contribution < -0.4 is 14.2 Å². The van der Waals surface area contributed by atoms with E-state index in [1.807, 2.05) is 61.5 Å². The molecule has 0 N–H and O–H groups in total. The second-order valence-corrected chi connectivity index (χ2v) is 6.70. The van der Waals surface area contributed by atoms with Gasteiger partial charge in [-0.3, -0.25) is 0 Å². The number of hydrogen-bond acceptors (Lipinski definition) is 4. The van der Waals surface area contributed by atoms with E-state index in [1.165, 1.54) is 11.6 Å². The van der Waals surface area contributed by atoms with E-state index in [2.05, 4.69) is 13.0 Å². The van der Waals surface area contributed by atoms with E-state index in [1.54, 1.807) is 19.3 Å². The summed E-state index contributed by atoms with van der Waals surface area (Å²) in [5, 5.41) is 0. The molecule has 4 heteroatoms. The van der Waals surface area contributed by atoms with E-state index >= 15 is 0 Å². The molecule has 0 aliphatic rings. The number of hydrogen-bond donors (Lipinski definition) is 0. The average molecular weight is 388 g/mol. The molecule has 0 heterocycles. The number of carbonyl (C=O) groups is 1. The molecule has 3 rings (SSSR count). The lowest BCUT2D eigenvalue weighted by Crippen LogP contribution is -2.03. The maximum absolute atomic E-state index is 12.0. The quantitative estimate of drug-likeness (QED) is 0.304. The summed E-state index contributed by atoms with van der Waals surface area (Å²) in [7, 11) is 1.59. The Bertz CT molecular complexity index is 1020. The van der Waals surface area contributed by atoms with Gasteiger partial charge in [0.25, 0.3) is 0 Å². The highest BCUT2D eigenvalue weighted by atomic mass is 16.5. The Labute approximate surface area is 171 Å². The van der Waals surface area contributed by atoms with Gasteiger partial charge in [-0.15, -0.1) is 0 Å². The molecule has 0 saturated heterocycles. The molecule has 0 atom stereocenters. The highest BCUT2D eigenvalue weighted by Gasteiger charge is 2.07. The second kappa shape index (κ2) is 9.60. The molecular formula is C25H24O4. The Hall–Kier alpha value is -3.53. The Morgan fingerprint density at radius 2 is 1.76 bits per heavy atom. The predicted molar refractivity (Wildman–Crippen MR) is 114 cm³/mol. The summed E-state index contributed by atoms with van der Waals surface area (Å²) >= 11 is 0. The summed E-state index contributed by atoms with van der Waals surface area (Å²) < 4.78 is 16.7. The third kappa shape index (κ3) is 5.72. The fraction of sp³-hybridized carbons (Fsp3) is 0.160. The fourth-order valence-electron chi connectivity index (χ4n) is 2.83. The van der Waals surface area contributed by atoms with E-state index in [-0.39, 0.29) is 0 Å². The Morgan fingerprint density at radius 1 is 0.931 bits per heavy atom. The third-order valence-electron chi connectivity index (χ3n) is 4.45. The van der Waals surface area contributed by atoms with Crippen LogP contribution in [0.3, 0.4) is 0 Å². The van der Waals surface area contributed by atoms with Gasteiger partial charge in [-0.1, -0.05) is 42.5 Å². The first-order chi connectivity index (χ1) is 14.0. The minimum atomic E-state index is -0.436. The standard InChI is InChI=1S/C25H24O4/c1-18-7-6-10-22(15-18)29-25(26)14-12-20-11-13-23(24(16-20)27-3)28-17-21-9-5-4-8-19(21)2/h4-16H,17H2,1-3H3/b14-12+. The van der Waals surface area contributed by atoms with Gasteiger partial charge in [-0.2, -0.15) is 0 Å². The molecule has 3 aromatic carbocycles. The normalized spacial score (nSPS) is 10.7. The van der Waals surface area contributed by atoms with Crippen LogP contribution in [0, 0.1) is 13.8 Å². The van der Waals surface area contributed by atoms with Gasteiger partial charge in [0, 0.05) is 6.08 Å². The number of carbonyl (C=O) groups excluding carboxylic acids is 1. The van der Waals surface area contributed by atoms with Crippen LogP contribution in [-0.4, -0.2) is 13.1 Å². The molecule has 0 saturated carbocycles. The first kappa shape index (κ1) is 20.2. The zero-order valence-corrected chi connectivity index (χ0v) is 16.8. The molecule has 148 valence electrons. The van der Waals surface area contributed by atoms with Gasteiger partial charge in [0.05, 0.1) is 7.11 Å². The van der Waals surface area contributed by atoms with E-state index in [9.17, 15) is 4.79 Å². The van der Waals surface area contributed by atoms with Crippen LogP contribution in [0.4, 0.5) is 0 Å². The van der Waals surface area contributed by atoms with Crippen molar-refractivity contribution in [2.75, 3.05) is 7.11 Å². The number of rotatable bonds is 7. The molecule has 0 radical (unpaired) electrons. The molecule has 0 fully saturated rings. The number of methoxy groups -OCH3 is 1. The molecule has 4 nitrogen and oxygen atoms in total. The highest BCUT2D eigenvalue weighted by Crippen LogP contribution is 2.29. The molecule has 0 aliphatic heterocycles. The predicted octanol–water partition coefficient (Wildman–Crippen LogP) is 5.51. The lowest BCUT2D eigenvalue weighted by Gasteiger charge is -2.12. The summed E-state index contributed by atoms with van der Waals surface area (Å²) in [6.45, 7) is 4.46. The van der Waals surface area contributed by atoms with E-state index in [0.29, 0.717) is 23.9 Å². The Balaban J connectivity index is 1.65. The summed E-state index contributed by atoms with van der Waals surface area (Å²) in [6, 6.07) is 21.0. The largest absolute Gasteiger partial charge is 0.493 e. The summed E-state index contributed by atoms with van der Waals surface area (Å²) in [4.78, 5) is 12.0. The molecule has 29 heavy (non-hydrogen) atoms. The minimum absolute atomic E-state index is 0.436. The summed E-state index contributed by atoms with van der Waals surface area (Å²) in [6.07, 6.45) is 3.08. The first-order valence-corrected chi connectivity index (χ1v) is 9.37. The van der Waals surface area contributed by atoms with Gasteiger partial charge in [-0.25, -0.2) is 4.79 Å². The summed E-state index contributed by atoms with van der Waals surface area (Å²) in [5.41, 5.74) is 4.15. The maximum Gasteiger partial charge on any atom is 0.336 e. The highest BCUT2D eigenvalue weighted by molar-refractivity contribution is 5.88. The zero-order chi connectivity index (χ0) is 20.6. The Morgan fingerprint density at radius 3 is 2.52 bits per heavy atom. The molecule has 0 spiro atoms. The van der Waals surface area contributed by atoms with E-state index in [4.69, 9.17) is 14.2 Å². The van der Waals surface area contributed by atoms with Crippen molar-refractivity contribution < 1.29 is 19.0 Å². The lowest BCUT2D eigenvalue weighted by atomic mass is 10.1. The van der Waals surface area contributed by atoms with Crippen LogP contribution in [0.5, 0.6) is 17.2 Å². The molecule has 3 aromatic rings. The van der Waals surface area contributed by atoms with Crippen LogP contribution in [0.1, 0.15) is 22.3 Å². The monoisotopic (exact) mass is 388 g/mol. The maximum atomic E-state index is 12.0. The Kier molecular flexibility index (Phi) is 6.69. The minimum Gasteiger partial charge on any atom is -0.493 e. The average Bonchev–Trinajstić information content (AvgIpc) is 2.72. The van der Waals surface area contributed by atoms with Crippen LogP contribution in [0.25, 0.3) is 6.08 Å². The van der Waals surface area contributed by atoms with Gasteiger partial charge >= 0.3 is 5.97 Å². The second-order valence-electron chi connectivity index (χ2n) is 6.70. The number of benzene rings is 3. The zero-order valence-electron chi connectivity index (χ0n) is 16.8. The van der Waals surface area contributed by atoms with Crippen molar-refractivity contribution in [2.45, 2.75) is 20.5 Å². The number of aryl methyl sites for hydroxylation is 2. The van der Waals surface area contributed by atoms with E-state index < -0.39 is 5.97 Å². The van der Waals surface area contributed by atoms with Crippen molar-refractivity contribution in [2.24, 2.45) is 0 Å². The van der Waals surface area contributed by atoms with Crippen molar-refractivity contribution in [3.63, 3.8) is 0 Å².